The number of thiol groups is 1. The van der Waals surface area contributed by atoms with Crippen LogP contribution in [0.1, 0.15) is 16.7 Å². The van der Waals surface area contributed by atoms with E-state index in [-0.39, 0.29) is 6.61 Å². The Hall–Kier alpha value is -1.84. The first kappa shape index (κ1) is 27.7. The normalized spacial score (nSPS) is 14.4. The topological polar surface area (TPSA) is 93.0 Å². The monoisotopic (exact) mass is 514 g/mol. The van der Waals surface area contributed by atoms with Gasteiger partial charge in [0.2, 0.25) is 4.75 Å². The van der Waals surface area contributed by atoms with Crippen molar-refractivity contribution in [2.24, 2.45) is 0 Å². The second-order valence-electron chi connectivity index (χ2n) is 8.40. The molecule has 0 aliphatic heterocycles. The molecule has 0 saturated carbocycles. The van der Waals surface area contributed by atoms with E-state index in [4.69, 9.17) is 5.11 Å². The van der Waals surface area contributed by atoms with Crippen LogP contribution >= 0.6 is 11.8 Å². The third kappa shape index (κ3) is 7.82. The van der Waals surface area contributed by atoms with Crippen LogP contribution in [0.15, 0.2) is 91.0 Å². The number of thioether (sulfide) groups is 1. The molecule has 35 heavy (non-hydrogen) atoms. The number of hydrogen-bond acceptors (Lipinski definition) is 6. The molecule has 3 atom stereocenters. The molecule has 0 spiro atoms. The maximum Gasteiger partial charge on any atom is 0.201 e. The van der Waals surface area contributed by atoms with Crippen molar-refractivity contribution in [3.05, 3.63) is 108 Å². The Bertz CT molecular complexity index is 866. The predicted molar refractivity (Wildman–Crippen MR) is 148 cm³/mol. The third-order valence-electron chi connectivity index (χ3n) is 5.80. The van der Waals surface area contributed by atoms with E-state index in [1.165, 1.54) is 11.8 Å². The molecular formula is C28H36NO4S2+. The van der Waals surface area contributed by atoms with Gasteiger partial charge < -0.3 is 25.7 Å². The van der Waals surface area contributed by atoms with Gasteiger partial charge in [0.15, 0.2) is 0 Å². The molecule has 0 aliphatic carbocycles. The minimum atomic E-state index is -0.899. The molecule has 0 bridgehead atoms. The zero-order valence-corrected chi connectivity index (χ0v) is 21.5. The summed E-state index contributed by atoms with van der Waals surface area (Å²) in [5.41, 5.74) is 3.40. The molecule has 0 aliphatic rings. The standard InChI is InChI=1S/C28H35NO4S2/c30-17-16-29-18-25(31)19-34-20-26(32)27(33)21-35-28(22-10-4-1-5-11-22,23-12-6-2-7-13-23)24-14-8-3-9-15-24/h1-15,25-27,29-33H,16-21H2/p+1. The lowest BCUT2D eigenvalue weighted by molar-refractivity contribution is 0.0496. The van der Waals surface area contributed by atoms with Crippen molar-refractivity contribution in [3.63, 3.8) is 0 Å². The van der Waals surface area contributed by atoms with E-state index in [1.54, 1.807) is 0 Å². The van der Waals surface area contributed by atoms with Crippen LogP contribution in [0, 0.1) is 0 Å². The van der Waals surface area contributed by atoms with Crippen LogP contribution < -0.4 is 5.32 Å². The van der Waals surface area contributed by atoms with Gasteiger partial charge in [-0.15, -0.1) is 0 Å². The van der Waals surface area contributed by atoms with Crippen molar-refractivity contribution < 1.29 is 20.4 Å². The van der Waals surface area contributed by atoms with E-state index in [1.807, 2.05) is 54.6 Å². The highest BCUT2D eigenvalue weighted by Crippen LogP contribution is 2.41. The lowest BCUT2D eigenvalue weighted by atomic mass is 9.84. The summed E-state index contributed by atoms with van der Waals surface area (Å²) in [6, 6.07) is 31.0. The Morgan fingerprint density at radius 2 is 1.20 bits per heavy atom. The first-order valence-electron chi connectivity index (χ1n) is 11.9. The van der Waals surface area contributed by atoms with Crippen LogP contribution in [0.2, 0.25) is 0 Å². The largest absolute Gasteiger partial charge is 0.395 e. The zero-order valence-electron chi connectivity index (χ0n) is 19.8. The third-order valence-corrected chi connectivity index (χ3v) is 8.81. The molecule has 3 aromatic rings. The van der Waals surface area contributed by atoms with E-state index in [0.717, 1.165) is 28.5 Å². The molecule has 0 heterocycles. The van der Waals surface area contributed by atoms with Crippen LogP contribution in [0.25, 0.3) is 0 Å². The molecule has 0 radical (unpaired) electrons. The molecule has 0 aromatic heterocycles. The number of aliphatic hydroxyl groups excluding tert-OH is 4. The van der Waals surface area contributed by atoms with Crippen LogP contribution in [0.4, 0.5) is 0 Å². The highest BCUT2D eigenvalue weighted by Gasteiger charge is 2.45. The van der Waals surface area contributed by atoms with Gasteiger partial charge >= 0.3 is 0 Å². The molecule has 0 fully saturated rings. The van der Waals surface area contributed by atoms with Gasteiger partial charge in [0.1, 0.15) is 11.9 Å². The van der Waals surface area contributed by atoms with E-state index in [0.29, 0.717) is 30.3 Å². The van der Waals surface area contributed by atoms with Crippen LogP contribution in [-0.4, -0.2) is 75.7 Å². The zero-order chi connectivity index (χ0) is 24.9. The van der Waals surface area contributed by atoms with Crippen molar-refractivity contribution in [1.82, 2.24) is 5.32 Å². The highest BCUT2D eigenvalue weighted by molar-refractivity contribution is 7.99. The summed E-state index contributed by atoms with van der Waals surface area (Å²) in [5, 5.41) is 43.3. The maximum absolute atomic E-state index is 10.9. The molecule has 3 aromatic carbocycles. The smallest absolute Gasteiger partial charge is 0.201 e. The SMILES string of the molecule is OCCNCC(O)CSCC(O)C(O)C[SH+]C(c1ccccc1)(c1ccccc1)c1ccccc1. The van der Waals surface area contributed by atoms with E-state index < -0.39 is 23.1 Å². The number of benzene rings is 3. The van der Waals surface area contributed by atoms with Crippen molar-refractivity contribution in [2.75, 3.05) is 37.0 Å². The van der Waals surface area contributed by atoms with Gasteiger partial charge in [-0.2, -0.15) is 11.8 Å². The van der Waals surface area contributed by atoms with Crippen LogP contribution in [-0.2, 0) is 16.5 Å². The Morgan fingerprint density at radius 1 is 0.714 bits per heavy atom. The highest BCUT2D eigenvalue weighted by atomic mass is 32.2. The lowest BCUT2D eigenvalue weighted by Gasteiger charge is -2.30. The van der Waals surface area contributed by atoms with Gasteiger partial charge in [0.05, 0.1) is 18.8 Å². The van der Waals surface area contributed by atoms with Gasteiger partial charge in [-0.25, -0.2) is 0 Å². The fourth-order valence-corrected chi connectivity index (χ4v) is 6.70. The molecule has 0 saturated heterocycles. The van der Waals surface area contributed by atoms with E-state index >= 15 is 0 Å². The summed E-state index contributed by atoms with van der Waals surface area (Å²) < 4.78 is -0.494. The maximum atomic E-state index is 10.9. The van der Waals surface area contributed by atoms with Gasteiger partial charge in [0, 0.05) is 41.3 Å². The minimum absolute atomic E-state index is 0.0282. The quantitative estimate of drug-likeness (QED) is 0.0924. The fraction of sp³-hybridized carbons (Fsp3) is 0.357. The first-order chi connectivity index (χ1) is 17.1. The summed E-state index contributed by atoms with van der Waals surface area (Å²) in [6.45, 7) is 0.854. The van der Waals surface area contributed by atoms with Crippen molar-refractivity contribution in [2.45, 2.75) is 23.1 Å². The van der Waals surface area contributed by atoms with Crippen molar-refractivity contribution in [1.29, 1.82) is 0 Å². The second-order valence-corrected chi connectivity index (χ2v) is 10.8. The average molecular weight is 515 g/mol. The minimum Gasteiger partial charge on any atom is -0.395 e. The number of hydrogen-bond donors (Lipinski definition) is 5. The molecule has 5 N–H and O–H groups in total. The molecule has 3 unspecified atom stereocenters. The molecule has 5 nitrogen and oxygen atoms in total. The van der Waals surface area contributed by atoms with Crippen molar-refractivity contribution >= 4 is 23.5 Å². The number of aliphatic hydroxyl groups is 4. The Kier molecular flexibility index (Phi) is 11.6. The van der Waals surface area contributed by atoms with Crippen LogP contribution in [0.3, 0.4) is 0 Å². The van der Waals surface area contributed by atoms with Gasteiger partial charge in [-0.1, -0.05) is 91.0 Å². The summed E-state index contributed by atoms with van der Waals surface area (Å²) in [4.78, 5) is 0. The van der Waals surface area contributed by atoms with Crippen molar-refractivity contribution in [3.8, 4) is 0 Å². The fourth-order valence-electron chi connectivity index (χ4n) is 4.01. The summed E-state index contributed by atoms with van der Waals surface area (Å²) in [6.07, 6.45) is -2.37. The Morgan fingerprint density at radius 3 is 1.66 bits per heavy atom. The summed E-state index contributed by atoms with van der Waals surface area (Å²) in [5.74, 6) is 1.17. The molecule has 188 valence electrons. The molecule has 0 amide bonds. The summed E-state index contributed by atoms with van der Waals surface area (Å²) >= 11 is 2.37. The van der Waals surface area contributed by atoms with Gasteiger partial charge in [0.25, 0.3) is 0 Å². The van der Waals surface area contributed by atoms with E-state index in [9.17, 15) is 15.3 Å². The Labute approximate surface area is 216 Å². The first-order valence-corrected chi connectivity index (χ1v) is 14.1. The molecule has 3 rings (SSSR count). The molecule has 7 heteroatoms. The average Bonchev–Trinajstić information content (AvgIpc) is 2.91. The lowest BCUT2D eigenvalue weighted by Crippen LogP contribution is -2.39. The van der Waals surface area contributed by atoms with Gasteiger partial charge in [-0.3, -0.25) is 0 Å². The van der Waals surface area contributed by atoms with Crippen LogP contribution in [0.5, 0.6) is 0 Å². The predicted octanol–water partition coefficient (Wildman–Crippen LogP) is 2.19. The van der Waals surface area contributed by atoms with Gasteiger partial charge in [-0.05, 0) is 11.8 Å². The Balaban J connectivity index is 1.74. The molecular weight excluding hydrogens is 478 g/mol. The number of rotatable bonds is 15. The number of nitrogens with one attached hydrogen (secondary N) is 1. The summed E-state index contributed by atoms with van der Waals surface area (Å²) in [7, 11) is 0. The van der Waals surface area contributed by atoms with E-state index in [2.05, 4.69) is 41.7 Å². The second kappa shape index (κ2) is 14.7.